The second-order valence-electron chi connectivity index (χ2n) is 6.00. The number of amides is 1. The molecule has 6 nitrogen and oxygen atoms in total. The van der Waals surface area contributed by atoms with E-state index < -0.39 is 0 Å². The number of phenolic OH excluding ortho intramolecular Hbond substituents is 1. The van der Waals surface area contributed by atoms with Gasteiger partial charge < -0.3 is 14.8 Å². The highest BCUT2D eigenvalue weighted by atomic mass is 32.2. The predicted molar refractivity (Wildman–Crippen MR) is 101 cm³/mol. The minimum Gasteiger partial charge on any atom is -0.507 e. The molecule has 2 aromatic carbocycles. The summed E-state index contributed by atoms with van der Waals surface area (Å²) in [5, 5.41) is 20.9. The normalized spacial score (nSPS) is 10.7. The van der Waals surface area contributed by atoms with Gasteiger partial charge in [-0.2, -0.15) is 0 Å². The number of nitrogens with zero attached hydrogens (tertiary/aromatic N) is 2. The SMILES string of the molecule is Cc1cc(C)c(NC(=O)CSc2nnc(-c3ccccc3O)o2)c(C)c1. The van der Waals surface area contributed by atoms with Crippen LogP contribution in [0, 0.1) is 20.8 Å². The van der Waals surface area contributed by atoms with E-state index in [9.17, 15) is 9.90 Å². The molecular formula is C19H19N3O3S. The van der Waals surface area contributed by atoms with Gasteiger partial charge in [-0.05, 0) is 44.0 Å². The molecule has 2 N–H and O–H groups in total. The molecule has 0 saturated heterocycles. The second-order valence-corrected chi connectivity index (χ2v) is 6.93. The number of aromatic hydroxyl groups is 1. The molecule has 3 rings (SSSR count). The Morgan fingerprint density at radius 3 is 2.54 bits per heavy atom. The van der Waals surface area contributed by atoms with Crippen molar-refractivity contribution in [2.45, 2.75) is 26.0 Å². The molecule has 0 aliphatic carbocycles. The van der Waals surface area contributed by atoms with Crippen LogP contribution in [-0.4, -0.2) is 27.0 Å². The molecule has 1 heterocycles. The average Bonchev–Trinajstić information content (AvgIpc) is 3.05. The lowest BCUT2D eigenvalue weighted by Gasteiger charge is -2.12. The summed E-state index contributed by atoms with van der Waals surface area (Å²) < 4.78 is 5.52. The number of anilines is 1. The number of hydrogen-bond acceptors (Lipinski definition) is 6. The largest absolute Gasteiger partial charge is 0.507 e. The maximum atomic E-state index is 12.2. The van der Waals surface area contributed by atoms with Crippen molar-refractivity contribution in [2.75, 3.05) is 11.1 Å². The Bertz CT molecular complexity index is 930. The van der Waals surface area contributed by atoms with Gasteiger partial charge in [0.2, 0.25) is 5.91 Å². The first-order valence-electron chi connectivity index (χ1n) is 8.06. The number of carbonyl (C=O) groups excluding carboxylic acids is 1. The maximum Gasteiger partial charge on any atom is 0.277 e. The molecule has 3 aromatic rings. The van der Waals surface area contributed by atoms with Crippen molar-refractivity contribution in [2.24, 2.45) is 0 Å². The highest BCUT2D eigenvalue weighted by Crippen LogP contribution is 2.29. The third-order valence-electron chi connectivity index (χ3n) is 3.81. The van der Waals surface area contributed by atoms with Gasteiger partial charge in [-0.15, -0.1) is 10.2 Å². The number of aryl methyl sites for hydroxylation is 3. The van der Waals surface area contributed by atoms with Gasteiger partial charge in [-0.1, -0.05) is 41.6 Å². The zero-order valence-corrected chi connectivity index (χ0v) is 15.6. The van der Waals surface area contributed by atoms with E-state index in [0.29, 0.717) is 5.56 Å². The van der Waals surface area contributed by atoms with Crippen LogP contribution in [0.15, 0.2) is 46.0 Å². The van der Waals surface area contributed by atoms with Gasteiger partial charge in [0.15, 0.2) is 0 Å². The van der Waals surface area contributed by atoms with E-state index in [1.54, 1.807) is 24.3 Å². The van der Waals surface area contributed by atoms with Crippen LogP contribution in [-0.2, 0) is 4.79 Å². The molecule has 134 valence electrons. The van der Waals surface area contributed by atoms with Crippen LogP contribution < -0.4 is 5.32 Å². The summed E-state index contributed by atoms with van der Waals surface area (Å²) in [5.74, 6) is 0.286. The van der Waals surface area contributed by atoms with Crippen molar-refractivity contribution in [1.82, 2.24) is 10.2 Å². The minimum absolute atomic E-state index is 0.0655. The molecule has 7 heteroatoms. The summed E-state index contributed by atoms with van der Waals surface area (Å²) in [6.45, 7) is 5.97. The van der Waals surface area contributed by atoms with Crippen LogP contribution in [0.2, 0.25) is 0 Å². The molecular weight excluding hydrogens is 350 g/mol. The molecule has 0 unspecified atom stereocenters. The van der Waals surface area contributed by atoms with Crippen molar-refractivity contribution in [1.29, 1.82) is 0 Å². The van der Waals surface area contributed by atoms with E-state index in [1.807, 2.05) is 32.9 Å². The Kier molecular flexibility index (Phi) is 5.27. The molecule has 0 radical (unpaired) electrons. The summed E-state index contributed by atoms with van der Waals surface area (Å²) >= 11 is 1.15. The standard InChI is InChI=1S/C19H19N3O3S/c1-11-8-12(2)17(13(3)9-11)20-16(24)10-26-19-22-21-18(25-19)14-6-4-5-7-15(14)23/h4-9,23H,10H2,1-3H3,(H,20,24). The molecule has 0 fully saturated rings. The van der Waals surface area contributed by atoms with Gasteiger partial charge in [0, 0.05) is 5.69 Å². The number of phenols is 1. The highest BCUT2D eigenvalue weighted by Gasteiger charge is 2.14. The van der Waals surface area contributed by atoms with Crippen molar-refractivity contribution in [3.05, 3.63) is 53.1 Å². The van der Waals surface area contributed by atoms with Gasteiger partial charge in [0.25, 0.3) is 11.1 Å². The lowest BCUT2D eigenvalue weighted by molar-refractivity contribution is -0.113. The molecule has 26 heavy (non-hydrogen) atoms. The number of carbonyl (C=O) groups is 1. The van der Waals surface area contributed by atoms with Crippen LogP contribution in [0.5, 0.6) is 5.75 Å². The number of aromatic nitrogens is 2. The maximum absolute atomic E-state index is 12.2. The Morgan fingerprint density at radius 1 is 1.15 bits per heavy atom. The summed E-state index contributed by atoms with van der Waals surface area (Å²) in [6, 6.07) is 10.8. The minimum atomic E-state index is -0.146. The number of benzene rings is 2. The first-order valence-corrected chi connectivity index (χ1v) is 9.05. The van der Waals surface area contributed by atoms with Crippen LogP contribution in [0.1, 0.15) is 16.7 Å². The topological polar surface area (TPSA) is 88.2 Å². The third-order valence-corrected chi connectivity index (χ3v) is 4.63. The fourth-order valence-corrected chi connectivity index (χ4v) is 3.27. The van der Waals surface area contributed by atoms with E-state index in [2.05, 4.69) is 15.5 Å². The summed E-state index contributed by atoms with van der Waals surface area (Å²) in [5.41, 5.74) is 4.51. The van der Waals surface area contributed by atoms with Gasteiger partial charge in [0.05, 0.1) is 11.3 Å². The van der Waals surface area contributed by atoms with Crippen LogP contribution >= 0.6 is 11.8 Å². The smallest absolute Gasteiger partial charge is 0.277 e. The molecule has 0 aliphatic heterocycles. The zero-order chi connectivity index (χ0) is 18.7. The number of nitrogens with one attached hydrogen (secondary N) is 1. The number of rotatable bonds is 5. The lowest BCUT2D eigenvalue weighted by atomic mass is 10.1. The van der Waals surface area contributed by atoms with Crippen molar-refractivity contribution < 1.29 is 14.3 Å². The van der Waals surface area contributed by atoms with Gasteiger partial charge in [0.1, 0.15) is 5.75 Å². The van der Waals surface area contributed by atoms with Crippen LogP contribution in [0.25, 0.3) is 11.5 Å². The summed E-state index contributed by atoms with van der Waals surface area (Å²) in [7, 11) is 0. The van der Waals surface area contributed by atoms with Crippen molar-refractivity contribution >= 4 is 23.4 Å². The predicted octanol–water partition coefficient (Wildman–Crippen LogP) is 4.10. The zero-order valence-electron chi connectivity index (χ0n) is 14.7. The van der Waals surface area contributed by atoms with E-state index in [4.69, 9.17) is 4.42 Å². The Morgan fingerprint density at radius 2 is 1.85 bits per heavy atom. The third kappa shape index (κ3) is 4.05. The van der Waals surface area contributed by atoms with Crippen LogP contribution in [0.3, 0.4) is 0 Å². The van der Waals surface area contributed by atoms with E-state index in [-0.39, 0.29) is 28.5 Å². The first-order chi connectivity index (χ1) is 12.4. The quantitative estimate of drug-likeness (QED) is 0.658. The van der Waals surface area contributed by atoms with E-state index >= 15 is 0 Å². The van der Waals surface area contributed by atoms with Gasteiger partial charge in [-0.3, -0.25) is 4.79 Å². The van der Waals surface area contributed by atoms with Gasteiger partial charge >= 0.3 is 0 Å². The van der Waals surface area contributed by atoms with E-state index in [1.165, 1.54) is 0 Å². The Hall–Kier alpha value is -2.80. The molecule has 0 spiro atoms. The first kappa shape index (κ1) is 18.0. The second kappa shape index (κ2) is 7.61. The lowest BCUT2D eigenvalue weighted by Crippen LogP contribution is -2.15. The van der Waals surface area contributed by atoms with Crippen molar-refractivity contribution in [3.63, 3.8) is 0 Å². The Balaban J connectivity index is 1.63. The van der Waals surface area contributed by atoms with Crippen molar-refractivity contribution in [3.8, 4) is 17.2 Å². The Labute approximate surface area is 155 Å². The fraction of sp³-hybridized carbons (Fsp3) is 0.211. The molecule has 1 amide bonds. The summed E-state index contributed by atoms with van der Waals surface area (Å²) in [4.78, 5) is 12.2. The average molecular weight is 369 g/mol. The molecule has 0 atom stereocenters. The number of para-hydroxylation sites is 1. The van der Waals surface area contributed by atoms with E-state index in [0.717, 1.165) is 34.1 Å². The highest BCUT2D eigenvalue weighted by molar-refractivity contribution is 7.99. The number of hydrogen-bond donors (Lipinski definition) is 2. The molecule has 0 bridgehead atoms. The molecule has 0 aliphatic rings. The van der Waals surface area contributed by atoms with Crippen LogP contribution in [0.4, 0.5) is 5.69 Å². The fourth-order valence-electron chi connectivity index (χ4n) is 2.71. The summed E-state index contributed by atoms with van der Waals surface area (Å²) in [6.07, 6.45) is 0. The molecule has 0 saturated carbocycles. The number of thioether (sulfide) groups is 1. The monoisotopic (exact) mass is 369 g/mol. The molecule has 1 aromatic heterocycles. The van der Waals surface area contributed by atoms with Gasteiger partial charge in [-0.25, -0.2) is 0 Å².